The number of para-hydroxylation sites is 1. The highest BCUT2D eigenvalue weighted by Gasteiger charge is 2.19. The third-order valence-electron chi connectivity index (χ3n) is 3.76. The van der Waals surface area contributed by atoms with E-state index < -0.39 is 0 Å². The molecule has 1 saturated heterocycles. The number of aromatic nitrogens is 1. The highest BCUT2D eigenvalue weighted by atomic mass is 79.9. The van der Waals surface area contributed by atoms with Gasteiger partial charge in [-0.1, -0.05) is 18.2 Å². The predicted molar refractivity (Wildman–Crippen MR) is 75.5 cm³/mol. The van der Waals surface area contributed by atoms with Crippen LogP contribution in [-0.4, -0.2) is 17.7 Å². The standard InChI is InChI=1S/C14H17BrN2/c1-17-9-13(15)12-4-2-3-11(14(12)17)10-5-7-16-8-6-10/h2-4,9-10,16H,5-8H2,1H3. The Morgan fingerprint density at radius 1 is 1.29 bits per heavy atom. The molecular formula is C14H17BrN2. The van der Waals surface area contributed by atoms with Crippen molar-refractivity contribution in [2.24, 2.45) is 7.05 Å². The topological polar surface area (TPSA) is 17.0 Å². The van der Waals surface area contributed by atoms with Crippen molar-refractivity contribution in [2.45, 2.75) is 18.8 Å². The van der Waals surface area contributed by atoms with E-state index in [0.29, 0.717) is 5.92 Å². The maximum atomic E-state index is 3.64. The van der Waals surface area contributed by atoms with E-state index in [1.165, 1.54) is 33.8 Å². The van der Waals surface area contributed by atoms with E-state index in [0.717, 1.165) is 13.1 Å². The summed E-state index contributed by atoms with van der Waals surface area (Å²) in [7, 11) is 2.14. The summed E-state index contributed by atoms with van der Waals surface area (Å²) in [6, 6.07) is 6.68. The number of hydrogen-bond acceptors (Lipinski definition) is 1. The maximum absolute atomic E-state index is 3.64. The van der Waals surface area contributed by atoms with Gasteiger partial charge in [0.25, 0.3) is 0 Å². The molecule has 2 nitrogen and oxygen atoms in total. The summed E-state index contributed by atoms with van der Waals surface area (Å²) in [4.78, 5) is 0. The number of rotatable bonds is 1. The Balaban J connectivity index is 2.15. The van der Waals surface area contributed by atoms with Crippen LogP contribution in [0.5, 0.6) is 0 Å². The first-order valence-electron chi connectivity index (χ1n) is 6.21. The zero-order chi connectivity index (χ0) is 11.8. The first kappa shape index (κ1) is 11.3. The summed E-state index contributed by atoms with van der Waals surface area (Å²) in [6.45, 7) is 2.29. The van der Waals surface area contributed by atoms with Gasteiger partial charge in [-0.3, -0.25) is 0 Å². The van der Waals surface area contributed by atoms with Crippen molar-refractivity contribution >= 4 is 26.8 Å². The Bertz CT molecular complexity index is 538. The van der Waals surface area contributed by atoms with Gasteiger partial charge in [-0.25, -0.2) is 0 Å². The first-order chi connectivity index (χ1) is 8.27. The van der Waals surface area contributed by atoms with Gasteiger partial charge in [-0.2, -0.15) is 0 Å². The Morgan fingerprint density at radius 2 is 2.06 bits per heavy atom. The Morgan fingerprint density at radius 3 is 2.82 bits per heavy atom. The van der Waals surface area contributed by atoms with Crippen LogP contribution in [0, 0.1) is 0 Å². The number of nitrogens with zero attached hydrogens (tertiary/aromatic N) is 1. The Kier molecular flexibility index (Phi) is 2.97. The van der Waals surface area contributed by atoms with Crippen LogP contribution in [-0.2, 0) is 7.05 Å². The fourth-order valence-electron chi connectivity index (χ4n) is 2.91. The lowest BCUT2D eigenvalue weighted by Crippen LogP contribution is -2.26. The van der Waals surface area contributed by atoms with E-state index in [1.54, 1.807) is 0 Å². The van der Waals surface area contributed by atoms with Crippen molar-refractivity contribution in [2.75, 3.05) is 13.1 Å². The third-order valence-corrected chi connectivity index (χ3v) is 4.40. The van der Waals surface area contributed by atoms with E-state index in [1.807, 2.05) is 0 Å². The van der Waals surface area contributed by atoms with Crippen LogP contribution in [0.4, 0.5) is 0 Å². The molecule has 17 heavy (non-hydrogen) atoms. The number of hydrogen-bond donors (Lipinski definition) is 1. The lowest BCUT2D eigenvalue weighted by Gasteiger charge is -2.24. The van der Waals surface area contributed by atoms with E-state index in [-0.39, 0.29) is 0 Å². The van der Waals surface area contributed by atoms with Crippen LogP contribution in [0.25, 0.3) is 10.9 Å². The lowest BCUT2D eigenvalue weighted by atomic mass is 9.89. The molecule has 0 radical (unpaired) electrons. The van der Waals surface area contributed by atoms with Gasteiger partial charge >= 0.3 is 0 Å². The highest BCUT2D eigenvalue weighted by Crippen LogP contribution is 2.34. The average Bonchev–Trinajstić information content (AvgIpc) is 2.66. The van der Waals surface area contributed by atoms with Gasteiger partial charge in [0.1, 0.15) is 0 Å². The molecule has 1 fully saturated rings. The summed E-state index contributed by atoms with van der Waals surface area (Å²) in [6.07, 6.45) is 4.67. The molecule has 2 aromatic rings. The van der Waals surface area contributed by atoms with Gasteiger partial charge in [-0.15, -0.1) is 0 Å². The normalized spacial score (nSPS) is 17.8. The molecule has 3 rings (SSSR count). The van der Waals surface area contributed by atoms with Gasteiger partial charge < -0.3 is 9.88 Å². The second-order valence-corrected chi connectivity index (χ2v) is 5.71. The molecule has 0 amide bonds. The van der Waals surface area contributed by atoms with Crippen LogP contribution in [0.3, 0.4) is 0 Å². The van der Waals surface area contributed by atoms with Gasteiger partial charge in [0.2, 0.25) is 0 Å². The van der Waals surface area contributed by atoms with E-state index in [9.17, 15) is 0 Å². The quantitative estimate of drug-likeness (QED) is 0.852. The molecule has 1 N–H and O–H groups in total. The molecule has 0 bridgehead atoms. The van der Waals surface area contributed by atoms with Crippen molar-refractivity contribution in [3.8, 4) is 0 Å². The largest absolute Gasteiger partial charge is 0.349 e. The number of aryl methyl sites for hydroxylation is 1. The SMILES string of the molecule is Cn1cc(Br)c2cccc(C3CCNCC3)c21. The smallest absolute Gasteiger partial charge is 0.0524 e. The predicted octanol–water partition coefficient (Wildman–Crippen LogP) is 3.41. The summed E-state index contributed by atoms with van der Waals surface area (Å²) in [5.41, 5.74) is 2.91. The van der Waals surface area contributed by atoms with Crippen molar-refractivity contribution in [3.63, 3.8) is 0 Å². The highest BCUT2D eigenvalue weighted by molar-refractivity contribution is 9.10. The molecule has 1 aliphatic heterocycles. The molecule has 0 unspecified atom stereocenters. The van der Waals surface area contributed by atoms with Crippen molar-refractivity contribution < 1.29 is 0 Å². The van der Waals surface area contributed by atoms with Crippen LogP contribution < -0.4 is 5.32 Å². The minimum Gasteiger partial charge on any atom is -0.349 e. The molecule has 90 valence electrons. The van der Waals surface area contributed by atoms with Crippen LogP contribution in [0.15, 0.2) is 28.9 Å². The van der Waals surface area contributed by atoms with Gasteiger partial charge in [0.05, 0.1) is 5.52 Å². The van der Waals surface area contributed by atoms with E-state index in [4.69, 9.17) is 0 Å². The summed E-state index contributed by atoms with van der Waals surface area (Å²) < 4.78 is 3.45. The minimum absolute atomic E-state index is 0.709. The second kappa shape index (κ2) is 4.46. The van der Waals surface area contributed by atoms with Crippen molar-refractivity contribution in [3.05, 3.63) is 34.4 Å². The molecule has 1 aromatic carbocycles. The summed E-state index contributed by atoms with van der Waals surface area (Å²) in [5.74, 6) is 0.709. The van der Waals surface area contributed by atoms with E-state index >= 15 is 0 Å². The number of piperidine rings is 1. The average molecular weight is 293 g/mol. The molecule has 3 heteroatoms. The number of fused-ring (bicyclic) bond motifs is 1. The fourth-order valence-corrected chi connectivity index (χ4v) is 3.54. The van der Waals surface area contributed by atoms with Gasteiger partial charge in [0, 0.05) is 23.1 Å². The first-order valence-corrected chi connectivity index (χ1v) is 7.01. The number of benzene rings is 1. The Labute approximate surface area is 110 Å². The van der Waals surface area contributed by atoms with Crippen LogP contribution >= 0.6 is 15.9 Å². The summed E-state index contributed by atoms with van der Waals surface area (Å²) in [5, 5.41) is 4.77. The monoisotopic (exact) mass is 292 g/mol. The fraction of sp³-hybridized carbons (Fsp3) is 0.429. The molecule has 0 atom stereocenters. The van der Waals surface area contributed by atoms with E-state index in [2.05, 4.69) is 57.3 Å². The molecular weight excluding hydrogens is 276 g/mol. The Hall–Kier alpha value is -0.800. The zero-order valence-corrected chi connectivity index (χ0v) is 11.6. The van der Waals surface area contributed by atoms with Crippen molar-refractivity contribution in [1.82, 2.24) is 9.88 Å². The molecule has 0 saturated carbocycles. The maximum Gasteiger partial charge on any atom is 0.0524 e. The third kappa shape index (κ3) is 1.91. The summed E-state index contributed by atoms with van der Waals surface area (Å²) >= 11 is 3.64. The zero-order valence-electron chi connectivity index (χ0n) is 10.0. The lowest BCUT2D eigenvalue weighted by molar-refractivity contribution is 0.461. The molecule has 1 aliphatic rings. The molecule has 1 aromatic heterocycles. The molecule has 0 spiro atoms. The minimum atomic E-state index is 0.709. The number of halogens is 1. The second-order valence-electron chi connectivity index (χ2n) is 4.86. The van der Waals surface area contributed by atoms with Crippen molar-refractivity contribution in [1.29, 1.82) is 0 Å². The molecule has 0 aliphatic carbocycles. The number of nitrogens with one attached hydrogen (secondary N) is 1. The van der Waals surface area contributed by atoms with Gasteiger partial charge in [0.15, 0.2) is 0 Å². The van der Waals surface area contributed by atoms with Crippen LogP contribution in [0.2, 0.25) is 0 Å². The van der Waals surface area contributed by atoms with Crippen LogP contribution in [0.1, 0.15) is 24.3 Å². The van der Waals surface area contributed by atoms with Gasteiger partial charge in [-0.05, 0) is 53.3 Å². The molecule has 2 heterocycles.